The zero-order valence-electron chi connectivity index (χ0n) is 16.0. The first-order valence-electron chi connectivity index (χ1n) is 10.0. The average molecular weight is 378 g/mol. The van der Waals surface area contributed by atoms with Crippen molar-refractivity contribution in [2.45, 2.75) is 32.2 Å². The minimum Gasteiger partial charge on any atom is -0.372 e. The fourth-order valence-electron chi connectivity index (χ4n) is 3.96. The summed E-state index contributed by atoms with van der Waals surface area (Å²) in [5, 5.41) is 2.92. The minimum absolute atomic E-state index is 0.00671. The van der Waals surface area contributed by atoms with Gasteiger partial charge in [0, 0.05) is 56.4 Å². The summed E-state index contributed by atoms with van der Waals surface area (Å²) in [6.07, 6.45) is 7.48. The van der Waals surface area contributed by atoms with Crippen molar-refractivity contribution in [3.63, 3.8) is 0 Å². The highest BCUT2D eigenvalue weighted by Gasteiger charge is 2.35. The number of hydrogen-bond donors (Lipinski definition) is 1. The van der Waals surface area contributed by atoms with Gasteiger partial charge in [-0.2, -0.15) is 0 Å². The maximum atomic E-state index is 12.5. The molecule has 0 radical (unpaired) electrons. The quantitative estimate of drug-likeness (QED) is 0.869. The van der Waals surface area contributed by atoms with E-state index in [1.807, 2.05) is 24.3 Å². The molecule has 0 saturated carbocycles. The van der Waals surface area contributed by atoms with Gasteiger partial charge in [0.25, 0.3) is 0 Å². The van der Waals surface area contributed by atoms with Gasteiger partial charge in [0.2, 0.25) is 11.8 Å². The van der Waals surface area contributed by atoms with Gasteiger partial charge in [0.05, 0.1) is 5.92 Å². The highest BCUT2D eigenvalue weighted by molar-refractivity contribution is 6.00. The number of nitrogens with one attached hydrogen (secondary N) is 1. The largest absolute Gasteiger partial charge is 0.372 e. The van der Waals surface area contributed by atoms with Gasteiger partial charge in [-0.1, -0.05) is 6.07 Å². The predicted molar refractivity (Wildman–Crippen MR) is 109 cm³/mol. The van der Waals surface area contributed by atoms with Crippen LogP contribution < -0.4 is 15.1 Å². The van der Waals surface area contributed by atoms with E-state index < -0.39 is 0 Å². The summed E-state index contributed by atoms with van der Waals surface area (Å²) >= 11 is 0. The lowest BCUT2D eigenvalue weighted by atomic mass is 10.1. The molecule has 2 fully saturated rings. The van der Waals surface area contributed by atoms with Crippen LogP contribution in [-0.4, -0.2) is 36.4 Å². The number of benzene rings is 1. The summed E-state index contributed by atoms with van der Waals surface area (Å²) in [7, 11) is 0. The number of rotatable bonds is 5. The molecule has 2 aromatic rings. The molecule has 6 heteroatoms. The second-order valence-corrected chi connectivity index (χ2v) is 7.55. The second-order valence-electron chi connectivity index (χ2n) is 7.55. The first-order chi connectivity index (χ1) is 13.7. The molecule has 1 aromatic heterocycles. The van der Waals surface area contributed by atoms with Gasteiger partial charge >= 0.3 is 0 Å². The minimum atomic E-state index is -0.314. The Morgan fingerprint density at radius 1 is 1.07 bits per heavy atom. The number of anilines is 2. The topological polar surface area (TPSA) is 65.5 Å². The second kappa shape index (κ2) is 8.42. The van der Waals surface area contributed by atoms with Crippen LogP contribution in [0.25, 0.3) is 0 Å². The number of hydrogen-bond acceptors (Lipinski definition) is 4. The highest BCUT2D eigenvalue weighted by atomic mass is 16.2. The molecule has 1 unspecified atom stereocenters. The molecule has 1 aromatic carbocycles. The van der Waals surface area contributed by atoms with E-state index in [4.69, 9.17) is 0 Å². The zero-order chi connectivity index (χ0) is 19.3. The molecule has 28 heavy (non-hydrogen) atoms. The monoisotopic (exact) mass is 378 g/mol. The van der Waals surface area contributed by atoms with E-state index in [-0.39, 0.29) is 24.2 Å². The normalized spacial score (nSPS) is 19.7. The standard InChI is InChI=1S/C22H26N4O2/c27-21-13-18(22(28)24-15-17-5-4-10-23-14-17)16-26(21)20-8-6-19(7-9-20)25-11-2-1-3-12-25/h4-10,14,18H,1-3,11-13,15-16H2,(H,24,28). The van der Waals surface area contributed by atoms with Crippen molar-refractivity contribution >= 4 is 23.2 Å². The van der Waals surface area contributed by atoms with Gasteiger partial charge < -0.3 is 15.1 Å². The molecule has 1 N–H and O–H groups in total. The first kappa shape index (κ1) is 18.5. The summed E-state index contributed by atoms with van der Waals surface area (Å²) in [5.41, 5.74) is 3.03. The number of nitrogens with zero attached hydrogens (tertiary/aromatic N) is 3. The van der Waals surface area contributed by atoms with E-state index >= 15 is 0 Å². The van der Waals surface area contributed by atoms with E-state index in [1.54, 1.807) is 17.3 Å². The van der Waals surface area contributed by atoms with E-state index in [9.17, 15) is 9.59 Å². The highest BCUT2D eigenvalue weighted by Crippen LogP contribution is 2.28. The Hall–Kier alpha value is -2.89. The Balaban J connectivity index is 1.35. The molecule has 0 aliphatic carbocycles. The Kier molecular flexibility index (Phi) is 5.55. The molecular formula is C22H26N4O2. The predicted octanol–water partition coefficient (Wildman–Crippen LogP) is 2.74. The van der Waals surface area contributed by atoms with Gasteiger partial charge in [-0.15, -0.1) is 0 Å². The number of aromatic nitrogens is 1. The number of pyridine rings is 1. The van der Waals surface area contributed by atoms with Crippen LogP contribution in [0.5, 0.6) is 0 Å². The fraction of sp³-hybridized carbons (Fsp3) is 0.409. The summed E-state index contributed by atoms with van der Waals surface area (Å²) in [6.45, 7) is 3.06. The molecule has 0 bridgehead atoms. The third-order valence-corrected chi connectivity index (χ3v) is 5.57. The summed E-state index contributed by atoms with van der Waals surface area (Å²) in [5.74, 6) is -0.386. The molecule has 0 spiro atoms. The van der Waals surface area contributed by atoms with Crippen molar-refractivity contribution in [2.24, 2.45) is 5.92 Å². The Labute approximate surface area is 165 Å². The van der Waals surface area contributed by atoms with Crippen LogP contribution in [-0.2, 0) is 16.1 Å². The van der Waals surface area contributed by atoms with Crippen LogP contribution in [0.4, 0.5) is 11.4 Å². The molecule has 1 atom stereocenters. The maximum Gasteiger partial charge on any atom is 0.227 e. The summed E-state index contributed by atoms with van der Waals surface area (Å²) in [6, 6.07) is 11.9. The molecule has 6 nitrogen and oxygen atoms in total. The molecule has 146 valence electrons. The van der Waals surface area contributed by atoms with Gasteiger partial charge in [0.15, 0.2) is 0 Å². The molecule has 2 aliphatic rings. The van der Waals surface area contributed by atoms with Gasteiger partial charge in [-0.25, -0.2) is 0 Å². The van der Waals surface area contributed by atoms with Crippen molar-refractivity contribution in [1.29, 1.82) is 0 Å². The molecular weight excluding hydrogens is 352 g/mol. The van der Waals surface area contributed by atoms with Crippen LogP contribution in [0.15, 0.2) is 48.8 Å². The molecule has 2 saturated heterocycles. The number of carbonyl (C=O) groups excluding carboxylic acids is 2. The van der Waals surface area contributed by atoms with Crippen molar-refractivity contribution in [2.75, 3.05) is 29.4 Å². The molecule has 3 heterocycles. The van der Waals surface area contributed by atoms with Crippen LogP contribution in [0.1, 0.15) is 31.2 Å². The van der Waals surface area contributed by atoms with Gasteiger partial charge in [0.1, 0.15) is 0 Å². The lowest BCUT2D eigenvalue weighted by molar-refractivity contribution is -0.126. The van der Waals surface area contributed by atoms with Crippen molar-refractivity contribution < 1.29 is 9.59 Å². The fourth-order valence-corrected chi connectivity index (χ4v) is 3.96. The Bertz CT molecular complexity index is 816. The first-order valence-corrected chi connectivity index (χ1v) is 10.0. The van der Waals surface area contributed by atoms with Gasteiger partial charge in [-0.3, -0.25) is 14.6 Å². The lowest BCUT2D eigenvalue weighted by Crippen LogP contribution is -2.32. The van der Waals surface area contributed by atoms with E-state index in [0.717, 1.165) is 24.3 Å². The van der Waals surface area contributed by atoms with Gasteiger partial charge in [-0.05, 0) is 55.2 Å². The lowest BCUT2D eigenvalue weighted by Gasteiger charge is -2.29. The van der Waals surface area contributed by atoms with Crippen LogP contribution in [0.3, 0.4) is 0 Å². The smallest absolute Gasteiger partial charge is 0.227 e. The SMILES string of the molecule is O=C(NCc1cccnc1)C1CC(=O)N(c2ccc(N3CCCCC3)cc2)C1. The van der Waals surface area contributed by atoms with Crippen LogP contribution in [0.2, 0.25) is 0 Å². The third-order valence-electron chi connectivity index (χ3n) is 5.57. The third kappa shape index (κ3) is 4.16. The van der Waals surface area contributed by atoms with E-state index in [1.165, 1.54) is 24.9 Å². The van der Waals surface area contributed by atoms with Crippen molar-refractivity contribution in [3.8, 4) is 0 Å². The average Bonchev–Trinajstić information content (AvgIpc) is 3.15. The Morgan fingerprint density at radius 3 is 2.54 bits per heavy atom. The zero-order valence-corrected chi connectivity index (χ0v) is 16.0. The Morgan fingerprint density at radius 2 is 1.82 bits per heavy atom. The van der Waals surface area contributed by atoms with Crippen LogP contribution in [0, 0.1) is 5.92 Å². The molecule has 4 rings (SSSR count). The molecule has 2 amide bonds. The number of amides is 2. The van der Waals surface area contributed by atoms with Crippen molar-refractivity contribution in [3.05, 3.63) is 54.4 Å². The van der Waals surface area contributed by atoms with Crippen molar-refractivity contribution in [1.82, 2.24) is 10.3 Å². The number of carbonyl (C=O) groups is 2. The summed E-state index contributed by atoms with van der Waals surface area (Å²) < 4.78 is 0. The van der Waals surface area contributed by atoms with E-state index in [0.29, 0.717) is 13.1 Å². The summed E-state index contributed by atoms with van der Waals surface area (Å²) in [4.78, 5) is 33.1. The molecule has 2 aliphatic heterocycles. The van der Waals surface area contributed by atoms with E-state index in [2.05, 4.69) is 27.3 Å². The number of piperidine rings is 1. The maximum absolute atomic E-state index is 12.5. The van der Waals surface area contributed by atoms with Crippen LogP contribution >= 0.6 is 0 Å².